The normalized spacial score (nSPS) is 23.7. The zero-order chi connectivity index (χ0) is 75.6. The molecule has 0 aliphatic carbocycles. The van der Waals surface area contributed by atoms with Gasteiger partial charge in [0.15, 0.2) is 0 Å². The largest absolute Gasteiger partial charge is 0.756 e. The number of methoxy groups -OCH3 is 1. The van der Waals surface area contributed by atoms with E-state index in [1.54, 1.807) is 74.5 Å². The van der Waals surface area contributed by atoms with Gasteiger partial charge in [-0.1, -0.05) is 35.5 Å². The Labute approximate surface area is 622 Å². The van der Waals surface area contributed by atoms with Crippen LogP contribution in [-0.2, 0) is 103 Å². The van der Waals surface area contributed by atoms with Crippen molar-refractivity contribution in [2.24, 2.45) is 0 Å². The maximum Gasteiger partial charge on any atom is 0.351 e. The summed E-state index contributed by atoms with van der Waals surface area (Å²) < 4.78 is 87.8. The fraction of sp³-hybridized carbons (Fsp3) is 0.569. The van der Waals surface area contributed by atoms with Gasteiger partial charge < -0.3 is 72.0 Å². The van der Waals surface area contributed by atoms with Crippen molar-refractivity contribution in [1.82, 2.24) is 72.9 Å². The summed E-state index contributed by atoms with van der Waals surface area (Å²) in [6.45, 7) is 25.0. The summed E-state index contributed by atoms with van der Waals surface area (Å²) in [6.07, 6.45) is 3.29. The van der Waals surface area contributed by atoms with Gasteiger partial charge in [0.25, 0.3) is 33.4 Å². The minimum Gasteiger partial charge on any atom is -0.756 e. The average Bonchev–Trinajstić information content (AvgIpc) is 1.63. The number of nitrogens with zero attached hydrogens (tertiary/aromatic N) is 14. The topological polar surface area (TPSA) is 445 Å². The summed E-state index contributed by atoms with van der Waals surface area (Å²) in [5.41, 5.74) is 5.64. The second-order valence-corrected chi connectivity index (χ2v) is 28.9. The van der Waals surface area contributed by atoms with Gasteiger partial charge >= 0.3 is 22.8 Å². The van der Waals surface area contributed by atoms with Gasteiger partial charge in [-0.25, -0.2) is 39.8 Å². The van der Waals surface area contributed by atoms with E-state index >= 15 is 0 Å². The molecule has 4 aliphatic rings. The molecular weight excluding hydrogens is 1600 g/mol. The molecule has 0 spiro atoms. The van der Waals surface area contributed by atoms with Gasteiger partial charge in [-0.2, -0.15) is 9.97 Å². The number of aromatic amines is 2. The maximum atomic E-state index is 13.2. The predicted octanol–water partition coefficient (Wildman–Crippen LogP) is 3.38. The number of anilines is 2. The molecule has 0 bridgehead atoms. The Morgan fingerprint density at radius 1 is 0.698 bits per heavy atom. The molecule has 41 heteroatoms. The van der Waals surface area contributed by atoms with Gasteiger partial charge in [0.2, 0.25) is 6.54 Å². The third kappa shape index (κ3) is 20.5. The number of rotatable bonds is 30. The fourth-order valence-electron chi connectivity index (χ4n) is 12.5. The third-order valence-corrected chi connectivity index (χ3v) is 20.9. The van der Waals surface area contributed by atoms with Gasteiger partial charge in [0.1, 0.15) is 72.9 Å². The van der Waals surface area contributed by atoms with Crippen molar-refractivity contribution in [1.29, 1.82) is 0 Å². The number of carbonyl (C=O) groups is 1. The Kier molecular flexibility index (Phi) is 28.6. The second-order valence-electron chi connectivity index (χ2n) is 26.1. The van der Waals surface area contributed by atoms with E-state index in [1.807, 2.05) is 13.0 Å². The Morgan fingerprint density at radius 2 is 1.18 bits per heavy atom. The molecule has 7 aromatic rings. The quantitative estimate of drug-likeness (QED) is 0.0285. The molecule has 4 saturated heterocycles. The van der Waals surface area contributed by atoms with E-state index in [2.05, 4.69) is 87.6 Å². The first-order valence-electron chi connectivity index (χ1n) is 34.0. The summed E-state index contributed by atoms with van der Waals surface area (Å²) in [5, 5.41) is 19.7. The summed E-state index contributed by atoms with van der Waals surface area (Å²) in [5.74, 6) is -0.0340. The first-order chi connectivity index (χ1) is 50.1. The molecule has 6 unspecified atom stereocenters. The Morgan fingerprint density at radius 3 is 1.71 bits per heavy atom. The van der Waals surface area contributed by atoms with Crippen LogP contribution >= 0.6 is 16.3 Å². The predicted molar refractivity (Wildman–Crippen MR) is 372 cm³/mol. The minimum absolute atomic E-state index is 0. The number of amides is 1. The van der Waals surface area contributed by atoms with E-state index in [4.69, 9.17) is 59.0 Å². The van der Waals surface area contributed by atoms with E-state index in [0.29, 0.717) is 52.9 Å². The van der Waals surface area contributed by atoms with E-state index in [-0.39, 0.29) is 127 Å². The molecule has 10 heterocycles. The van der Waals surface area contributed by atoms with Gasteiger partial charge in [-0.3, -0.25) is 47.2 Å². The number of nitrogens with two attached hydrogens (primary N) is 1. The molecule has 6 aromatic heterocycles. The SMILES string of the molecule is COC[C@H]1O[C@@H](n2cc(C)c(N)nc2=O)CC1OCc1cn(C[C@H]2O[C@@H](n3cc(C)c(=O)[nH]c3=O)CC2OP(=O)([O-])OC)nn1.[C-]#[N+]CCOP(OC1C[C@H](n2cc(C)c(=O)[nH]c2=O)O[C@@H]1Cn1cc(COC2C[C@H](n3cc(C)c(NC(=O)c4ccccc4)nc3=O)O[C@@H]2CC)nn1)N(C(C)C)C(C)C.[W]. The van der Waals surface area contributed by atoms with Gasteiger partial charge in [-0.05, 0) is 73.9 Å². The number of nitrogens with one attached hydrogen (secondary N) is 3. The summed E-state index contributed by atoms with van der Waals surface area (Å²) in [4.78, 5) is 116. The van der Waals surface area contributed by atoms with Crippen molar-refractivity contribution in [2.45, 2.75) is 207 Å². The number of phosphoric acid groups is 1. The molecule has 0 radical (unpaired) electrons. The number of ether oxygens (including phenoxy) is 7. The third-order valence-electron chi connectivity index (χ3n) is 17.7. The smallest absolute Gasteiger partial charge is 0.351 e. The average molecular weight is 1690 g/mol. The molecule has 11 rings (SSSR count). The summed E-state index contributed by atoms with van der Waals surface area (Å²) in [7, 11) is -3.81. The van der Waals surface area contributed by atoms with Crippen molar-refractivity contribution >= 4 is 33.9 Å². The number of hydrogen-bond donors (Lipinski definition) is 4. The van der Waals surface area contributed by atoms with Crippen molar-refractivity contribution in [3.05, 3.63) is 181 Å². The van der Waals surface area contributed by atoms with Gasteiger partial charge in [-0.15, -0.1) is 10.2 Å². The molecule has 1 amide bonds. The van der Waals surface area contributed by atoms with E-state index < -0.39 is 112 Å². The molecule has 106 heavy (non-hydrogen) atoms. The maximum absolute atomic E-state index is 13.2. The number of nitrogen functional groups attached to an aromatic ring is 1. The number of H-pyrrole nitrogens is 2. The van der Waals surface area contributed by atoms with Crippen LogP contribution in [0.15, 0.2) is 96.3 Å². The van der Waals surface area contributed by atoms with Crippen LogP contribution in [0.5, 0.6) is 0 Å². The molecule has 38 nitrogen and oxygen atoms in total. The van der Waals surface area contributed by atoms with Crippen LogP contribution in [-0.4, -0.2) is 174 Å². The minimum atomic E-state index is -4.67. The molecule has 4 aliphatic heterocycles. The van der Waals surface area contributed by atoms with E-state index in [0.717, 1.165) is 7.11 Å². The molecule has 14 atom stereocenters. The number of carbonyl (C=O) groups excluding carboxylic acids is 1. The first-order valence-corrected chi connectivity index (χ1v) is 36.6. The van der Waals surface area contributed by atoms with Crippen molar-refractivity contribution in [2.75, 3.05) is 45.0 Å². The van der Waals surface area contributed by atoms with Gasteiger partial charge in [0, 0.05) is 126 Å². The summed E-state index contributed by atoms with van der Waals surface area (Å²) in [6, 6.07) is 8.83. The van der Waals surface area contributed by atoms with Crippen molar-refractivity contribution in [3.63, 3.8) is 0 Å². The van der Waals surface area contributed by atoms with E-state index in [9.17, 15) is 43.0 Å². The van der Waals surface area contributed by atoms with Crippen molar-refractivity contribution < 1.29 is 86.6 Å². The molecule has 0 saturated carbocycles. The molecular formula is C65H87N18O20P2W-. The van der Waals surface area contributed by atoms with Crippen LogP contribution in [0.25, 0.3) is 4.85 Å². The van der Waals surface area contributed by atoms with Crippen molar-refractivity contribution in [3.8, 4) is 0 Å². The first kappa shape index (κ1) is 82.3. The zero-order valence-corrected chi connectivity index (χ0v) is 64.9. The Balaban J connectivity index is 0.000000253. The van der Waals surface area contributed by atoms with E-state index in [1.165, 1.54) is 49.4 Å². The number of hydrogen-bond acceptors (Lipinski definition) is 28. The number of phosphoric ester groups is 1. The Bertz CT molecular complexity index is 4610. The number of benzene rings is 1. The summed E-state index contributed by atoms with van der Waals surface area (Å²) >= 11 is 0. The molecule has 5 N–H and O–H groups in total. The molecule has 574 valence electrons. The Hall–Kier alpha value is -7.79. The number of aryl methyl sites for hydroxylation is 4. The van der Waals surface area contributed by atoms with Crippen LogP contribution in [0.4, 0.5) is 11.6 Å². The van der Waals surface area contributed by atoms with Crippen LogP contribution in [0, 0.1) is 34.3 Å². The zero-order valence-electron chi connectivity index (χ0n) is 60.2. The van der Waals surface area contributed by atoms with Crippen LogP contribution < -0.4 is 49.8 Å². The molecule has 4 fully saturated rings. The van der Waals surface area contributed by atoms with Crippen LogP contribution in [0.2, 0.25) is 0 Å². The van der Waals surface area contributed by atoms with Gasteiger partial charge in [0.05, 0.1) is 75.8 Å². The monoisotopic (exact) mass is 1690 g/mol. The second kappa shape index (κ2) is 36.9. The van der Waals surface area contributed by atoms with Crippen LogP contribution in [0.1, 0.15) is 136 Å². The fourth-order valence-corrected chi connectivity index (χ4v) is 14.9. The number of aromatic nitrogens is 14. The standard InChI is InChI=1S/C40H53N10O9P.C25H35N8O11P.W/c1-9-30-31(17-34(57-30)48-19-26(6)36(43-39(48)53)42-38(52)28-13-11-10-12-14-28)55-23-29-21-47(46-45-29)22-33-32(18-35(58-33)49-20-27(7)37(51)44-40(49)54)59-60(56-16-15-41-8)50(24(2)3)25(4)5;1-13-7-32(24(35)27-22(13)26)20-5-16(19(43-20)12-39-3)41-11-15-9-31(30-29-15)10-18-17(44-45(37,38)40-4)6-21(42-18)33-8-14(2)23(34)28-25(33)36;/h10-14,19-21,24-25,30-35H,9,15-18,22-23H2,1-7H3,(H,44,51,54)(H,42,43,52,53);7-9,16-21H,5-6,10-12H2,1-4H3,(H,37,38)(H2,26,27,35)(H,28,34,36);/p-1/t30-,31?,32?,33-,34-,35-,60?;16?,17?,18-,19-,20-,21-;/m11./s1. The molecule has 1 aromatic carbocycles. The van der Waals surface area contributed by atoms with Crippen LogP contribution in [0.3, 0.4) is 0 Å².